The van der Waals surface area contributed by atoms with E-state index in [1.807, 2.05) is 0 Å². The summed E-state index contributed by atoms with van der Waals surface area (Å²) >= 11 is 14.5. The second-order valence-corrected chi connectivity index (χ2v) is 7.90. The van der Waals surface area contributed by atoms with E-state index in [2.05, 4.69) is 0 Å². The molecule has 0 aliphatic rings. The molecule has 1 N–H and O–H groups in total. The van der Waals surface area contributed by atoms with Gasteiger partial charge in [0.05, 0.1) is 24.3 Å². The van der Waals surface area contributed by atoms with Crippen molar-refractivity contribution in [2.45, 2.75) is 9.79 Å². The van der Waals surface area contributed by atoms with E-state index in [0.29, 0.717) is 26.4 Å². The number of rotatable bonds is 5. The van der Waals surface area contributed by atoms with E-state index in [0.717, 1.165) is 15.0 Å². The Morgan fingerprint density at radius 1 is 1.08 bits per heavy atom. The van der Waals surface area contributed by atoms with Crippen molar-refractivity contribution < 1.29 is 19.4 Å². The van der Waals surface area contributed by atoms with Crippen molar-refractivity contribution in [2.75, 3.05) is 14.2 Å². The predicted molar refractivity (Wildman–Crippen MR) is 102 cm³/mol. The zero-order chi connectivity index (χ0) is 18.1. The number of hydrogen-bond donors (Lipinski definition) is 1. The van der Waals surface area contributed by atoms with Crippen LogP contribution in [0.4, 0.5) is 0 Å². The first-order valence-corrected chi connectivity index (χ1v) is 9.38. The lowest BCUT2D eigenvalue weighted by molar-refractivity contribution is 0.0699. The molecule has 25 heavy (non-hydrogen) atoms. The average molecular weight is 415 g/mol. The standard InChI is InChI=1S/C17H12Cl2O4S2/c1-22-12-6-9-14(7-13(12)23-2)25-16(17(20)21)15(9)24-8-3-4-10(18)11(19)5-8/h3-7H,1-2H3,(H,20,21). The summed E-state index contributed by atoms with van der Waals surface area (Å²) < 4.78 is 11.4. The summed E-state index contributed by atoms with van der Waals surface area (Å²) in [6.45, 7) is 0. The first kappa shape index (κ1) is 18.2. The van der Waals surface area contributed by atoms with Gasteiger partial charge < -0.3 is 14.6 Å². The van der Waals surface area contributed by atoms with Crippen LogP contribution in [0.25, 0.3) is 10.1 Å². The fraction of sp³-hybridized carbons (Fsp3) is 0.118. The second kappa shape index (κ2) is 7.33. The molecule has 1 heterocycles. The van der Waals surface area contributed by atoms with Crippen LogP contribution in [0.5, 0.6) is 11.5 Å². The number of hydrogen-bond acceptors (Lipinski definition) is 5. The lowest BCUT2D eigenvalue weighted by atomic mass is 10.2. The predicted octanol–water partition coefficient (Wildman–Crippen LogP) is 6.07. The third-order valence-corrected chi connectivity index (χ3v) is 6.58. The molecule has 2 aromatic carbocycles. The highest BCUT2D eigenvalue weighted by Gasteiger charge is 2.21. The number of aromatic carboxylic acids is 1. The maximum absolute atomic E-state index is 11.7. The first-order chi connectivity index (χ1) is 11.9. The van der Waals surface area contributed by atoms with Gasteiger partial charge in [0.15, 0.2) is 11.5 Å². The minimum Gasteiger partial charge on any atom is -0.493 e. The van der Waals surface area contributed by atoms with Crippen LogP contribution >= 0.6 is 46.3 Å². The fourth-order valence-electron chi connectivity index (χ4n) is 2.30. The summed E-state index contributed by atoms with van der Waals surface area (Å²) in [6, 6.07) is 8.77. The van der Waals surface area contributed by atoms with Gasteiger partial charge in [-0.2, -0.15) is 0 Å². The summed E-state index contributed by atoms with van der Waals surface area (Å²) in [6.07, 6.45) is 0. The number of carboxylic acids is 1. The summed E-state index contributed by atoms with van der Waals surface area (Å²) in [5.41, 5.74) is 0. The molecule has 0 unspecified atom stereocenters. The normalized spacial score (nSPS) is 10.9. The van der Waals surface area contributed by atoms with Gasteiger partial charge in [-0.25, -0.2) is 4.79 Å². The van der Waals surface area contributed by atoms with Gasteiger partial charge in [-0.05, 0) is 24.3 Å². The third kappa shape index (κ3) is 3.53. The highest BCUT2D eigenvalue weighted by molar-refractivity contribution is 7.99. The van der Waals surface area contributed by atoms with Gasteiger partial charge in [0.2, 0.25) is 0 Å². The van der Waals surface area contributed by atoms with Crippen LogP contribution in [0.1, 0.15) is 9.67 Å². The smallest absolute Gasteiger partial charge is 0.347 e. The lowest BCUT2D eigenvalue weighted by Crippen LogP contribution is -1.94. The van der Waals surface area contributed by atoms with Crippen molar-refractivity contribution in [3.63, 3.8) is 0 Å². The lowest BCUT2D eigenvalue weighted by Gasteiger charge is -2.08. The van der Waals surface area contributed by atoms with E-state index in [1.54, 1.807) is 44.6 Å². The molecule has 3 rings (SSSR count). The van der Waals surface area contributed by atoms with Crippen LogP contribution in [0, 0.1) is 0 Å². The molecule has 0 amide bonds. The molecule has 0 saturated carbocycles. The molecule has 0 saturated heterocycles. The maximum Gasteiger partial charge on any atom is 0.347 e. The fourth-order valence-corrected chi connectivity index (χ4v) is 4.93. The van der Waals surface area contributed by atoms with Crippen molar-refractivity contribution in [3.05, 3.63) is 45.3 Å². The molecular weight excluding hydrogens is 403 g/mol. The summed E-state index contributed by atoms with van der Waals surface area (Å²) in [5, 5.41) is 11.2. The molecule has 3 aromatic rings. The van der Waals surface area contributed by atoms with Gasteiger partial charge in [-0.15, -0.1) is 11.3 Å². The van der Waals surface area contributed by atoms with E-state index >= 15 is 0 Å². The molecule has 4 nitrogen and oxygen atoms in total. The Hall–Kier alpha value is -1.60. The first-order valence-electron chi connectivity index (χ1n) is 6.99. The van der Waals surface area contributed by atoms with Gasteiger partial charge in [-0.3, -0.25) is 0 Å². The monoisotopic (exact) mass is 414 g/mol. The molecule has 0 bridgehead atoms. The molecule has 0 atom stereocenters. The SMILES string of the molecule is COc1cc2sc(C(=O)O)c(Sc3ccc(Cl)c(Cl)c3)c2cc1OC. The number of carboxylic acid groups (broad SMARTS) is 1. The highest BCUT2D eigenvalue weighted by atomic mass is 35.5. The van der Waals surface area contributed by atoms with Crippen molar-refractivity contribution >= 4 is 62.4 Å². The number of carbonyl (C=O) groups is 1. The molecule has 0 spiro atoms. The Morgan fingerprint density at radius 2 is 1.76 bits per heavy atom. The zero-order valence-electron chi connectivity index (χ0n) is 13.1. The van der Waals surface area contributed by atoms with Gasteiger partial charge in [0.1, 0.15) is 4.88 Å². The Balaban J connectivity index is 2.18. The van der Waals surface area contributed by atoms with E-state index in [4.69, 9.17) is 32.7 Å². The average Bonchev–Trinajstić information content (AvgIpc) is 2.94. The number of halogens is 2. The molecular formula is C17H12Cl2O4S2. The number of benzene rings is 2. The summed E-state index contributed by atoms with van der Waals surface area (Å²) in [5.74, 6) is 0.113. The largest absolute Gasteiger partial charge is 0.493 e. The Kier molecular flexibility index (Phi) is 5.34. The van der Waals surface area contributed by atoms with E-state index in [9.17, 15) is 9.90 Å². The van der Waals surface area contributed by atoms with E-state index in [1.165, 1.54) is 23.1 Å². The van der Waals surface area contributed by atoms with Gasteiger partial charge >= 0.3 is 5.97 Å². The quantitative estimate of drug-likeness (QED) is 0.548. The van der Waals surface area contributed by atoms with E-state index in [-0.39, 0.29) is 4.88 Å². The molecule has 0 fully saturated rings. The minimum atomic E-state index is -0.985. The third-order valence-electron chi connectivity index (χ3n) is 3.45. The minimum absolute atomic E-state index is 0.251. The van der Waals surface area contributed by atoms with Crippen molar-refractivity contribution in [1.29, 1.82) is 0 Å². The number of methoxy groups -OCH3 is 2. The van der Waals surface area contributed by atoms with E-state index < -0.39 is 5.97 Å². The molecule has 8 heteroatoms. The van der Waals surface area contributed by atoms with Crippen molar-refractivity contribution in [1.82, 2.24) is 0 Å². The zero-order valence-corrected chi connectivity index (χ0v) is 16.3. The summed E-state index contributed by atoms with van der Waals surface area (Å²) in [7, 11) is 3.08. The second-order valence-electron chi connectivity index (χ2n) is 4.95. The van der Waals surface area contributed by atoms with Gasteiger partial charge in [0.25, 0.3) is 0 Å². The summed E-state index contributed by atoms with van der Waals surface area (Å²) in [4.78, 5) is 13.4. The molecule has 0 aliphatic carbocycles. The van der Waals surface area contributed by atoms with Gasteiger partial charge in [0, 0.05) is 25.9 Å². The number of fused-ring (bicyclic) bond motifs is 1. The Morgan fingerprint density at radius 3 is 2.36 bits per heavy atom. The maximum atomic E-state index is 11.7. The molecule has 1 aromatic heterocycles. The topological polar surface area (TPSA) is 55.8 Å². The van der Waals surface area contributed by atoms with Gasteiger partial charge in [-0.1, -0.05) is 35.0 Å². The molecule has 130 valence electrons. The van der Waals surface area contributed by atoms with Crippen LogP contribution in [0.15, 0.2) is 40.1 Å². The number of ether oxygens (including phenoxy) is 2. The van der Waals surface area contributed by atoms with Crippen LogP contribution in [-0.4, -0.2) is 25.3 Å². The highest BCUT2D eigenvalue weighted by Crippen LogP contribution is 2.46. The number of thiophene rings is 1. The molecule has 0 aliphatic heterocycles. The van der Waals surface area contributed by atoms with Crippen LogP contribution in [0.3, 0.4) is 0 Å². The van der Waals surface area contributed by atoms with Crippen LogP contribution < -0.4 is 9.47 Å². The van der Waals surface area contributed by atoms with Crippen molar-refractivity contribution in [2.24, 2.45) is 0 Å². The Labute approximate surface area is 162 Å². The molecule has 0 radical (unpaired) electrons. The van der Waals surface area contributed by atoms with Crippen molar-refractivity contribution in [3.8, 4) is 11.5 Å². The van der Waals surface area contributed by atoms with Crippen LogP contribution in [0.2, 0.25) is 10.0 Å². The Bertz CT molecular complexity index is 969. The van der Waals surface area contributed by atoms with Crippen LogP contribution in [-0.2, 0) is 0 Å².